The lowest BCUT2D eigenvalue weighted by Gasteiger charge is -2.23. The first kappa shape index (κ1) is 24.2. The number of benzene rings is 3. The van der Waals surface area contributed by atoms with Gasteiger partial charge in [0.1, 0.15) is 10.6 Å². The first-order chi connectivity index (χ1) is 15.8. The molecule has 1 N–H and O–H groups in total. The van der Waals surface area contributed by atoms with Crippen LogP contribution in [0.5, 0.6) is 5.75 Å². The highest BCUT2D eigenvalue weighted by atomic mass is 32.2. The number of hydrazone groups is 1. The fraction of sp³-hybridized carbons (Fsp3) is 0.200. The Kier molecular flexibility index (Phi) is 7.97. The summed E-state index contributed by atoms with van der Waals surface area (Å²) in [6, 6.07) is 21.7. The van der Waals surface area contributed by atoms with E-state index in [1.54, 1.807) is 25.1 Å². The average molecular weight is 466 g/mol. The smallest absolute Gasteiger partial charge is 0.255 e. The molecule has 7 nitrogen and oxygen atoms in total. The maximum atomic E-state index is 13.6. The van der Waals surface area contributed by atoms with Gasteiger partial charge in [-0.15, -0.1) is 0 Å². The van der Waals surface area contributed by atoms with E-state index in [0.717, 1.165) is 26.6 Å². The lowest BCUT2D eigenvalue weighted by molar-refractivity contribution is -0.121. The highest BCUT2D eigenvalue weighted by molar-refractivity contribution is 7.89. The second-order valence-corrected chi connectivity index (χ2v) is 9.53. The van der Waals surface area contributed by atoms with Gasteiger partial charge in [-0.25, -0.2) is 13.8 Å². The number of amides is 1. The Morgan fingerprint density at radius 2 is 1.73 bits per heavy atom. The monoisotopic (exact) mass is 465 g/mol. The number of carbonyl (C=O) groups excluding carboxylic acids is 1. The van der Waals surface area contributed by atoms with Crippen LogP contribution in [0.2, 0.25) is 0 Å². The molecule has 0 aliphatic carbocycles. The zero-order valence-electron chi connectivity index (χ0n) is 18.9. The Balaban J connectivity index is 1.85. The van der Waals surface area contributed by atoms with Crippen LogP contribution in [-0.4, -0.2) is 38.5 Å². The third-order valence-electron chi connectivity index (χ3n) is 4.90. The third kappa shape index (κ3) is 6.50. The second kappa shape index (κ2) is 10.9. The van der Waals surface area contributed by atoms with E-state index in [9.17, 15) is 13.2 Å². The van der Waals surface area contributed by atoms with Gasteiger partial charge < -0.3 is 4.74 Å². The summed E-state index contributed by atoms with van der Waals surface area (Å²) in [7, 11) is -2.63. The lowest BCUT2D eigenvalue weighted by atomic mass is 10.2. The molecule has 0 aromatic heterocycles. The summed E-state index contributed by atoms with van der Waals surface area (Å²) < 4.78 is 33.5. The van der Waals surface area contributed by atoms with Crippen molar-refractivity contribution in [1.82, 2.24) is 9.73 Å². The molecule has 0 saturated heterocycles. The average Bonchev–Trinajstić information content (AvgIpc) is 2.79. The van der Waals surface area contributed by atoms with Crippen LogP contribution in [0, 0.1) is 13.8 Å². The SMILES string of the molecule is COc1ccc(C)cc1S(=O)(=O)N(CC(=O)N/N=C/c1cccc(C)c1)Cc1ccccc1. The quantitative estimate of drug-likeness (QED) is 0.386. The number of carbonyl (C=O) groups is 1. The summed E-state index contributed by atoms with van der Waals surface area (Å²) in [6.45, 7) is 3.38. The van der Waals surface area contributed by atoms with Crippen LogP contribution < -0.4 is 10.2 Å². The van der Waals surface area contributed by atoms with Crippen molar-refractivity contribution in [2.24, 2.45) is 5.10 Å². The number of nitrogens with zero attached hydrogens (tertiary/aromatic N) is 2. The molecule has 3 rings (SSSR count). The first-order valence-electron chi connectivity index (χ1n) is 10.4. The molecule has 0 saturated carbocycles. The molecule has 0 bridgehead atoms. The van der Waals surface area contributed by atoms with E-state index in [2.05, 4.69) is 10.5 Å². The van der Waals surface area contributed by atoms with Crippen molar-refractivity contribution in [2.75, 3.05) is 13.7 Å². The van der Waals surface area contributed by atoms with Crippen LogP contribution in [-0.2, 0) is 21.4 Å². The maximum absolute atomic E-state index is 13.6. The fourth-order valence-electron chi connectivity index (χ4n) is 3.26. The predicted molar refractivity (Wildman–Crippen MR) is 129 cm³/mol. The number of rotatable bonds is 9. The van der Waals surface area contributed by atoms with Crippen LogP contribution >= 0.6 is 0 Å². The predicted octanol–water partition coefficient (Wildman–Crippen LogP) is 3.65. The van der Waals surface area contributed by atoms with E-state index in [1.807, 2.05) is 61.5 Å². The lowest BCUT2D eigenvalue weighted by Crippen LogP contribution is -2.39. The maximum Gasteiger partial charge on any atom is 0.255 e. The number of aryl methyl sites for hydroxylation is 2. The molecular weight excluding hydrogens is 438 g/mol. The van der Waals surface area contributed by atoms with E-state index in [0.29, 0.717) is 0 Å². The number of hydrogen-bond acceptors (Lipinski definition) is 5. The highest BCUT2D eigenvalue weighted by Crippen LogP contribution is 2.28. The summed E-state index contributed by atoms with van der Waals surface area (Å²) in [6.07, 6.45) is 1.52. The van der Waals surface area contributed by atoms with Crippen LogP contribution in [0.3, 0.4) is 0 Å². The van der Waals surface area contributed by atoms with Gasteiger partial charge in [-0.2, -0.15) is 9.41 Å². The molecule has 0 heterocycles. The van der Waals surface area contributed by atoms with Crippen molar-refractivity contribution in [3.05, 3.63) is 95.1 Å². The second-order valence-electron chi connectivity index (χ2n) is 7.62. The van der Waals surface area contributed by atoms with E-state index < -0.39 is 22.5 Å². The minimum atomic E-state index is -4.05. The van der Waals surface area contributed by atoms with Gasteiger partial charge in [-0.3, -0.25) is 4.79 Å². The van der Waals surface area contributed by atoms with E-state index in [4.69, 9.17) is 4.74 Å². The van der Waals surface area contributed by atoms with Crippen LogP contribution in [0.15, 0.2) is 82.8 Å². The molecule has 3 aromatic carbocycles. The summed E-state index contributed by atoms with van der Waals surface area (Å²) in [5.41, 5.74) is 5.84. The van der Waals surface area contributed by atoms with E-state index >= 15 is 0 Å². The molecule has 0 aliphatic heterocycles. The molecule has 33 heavy (non-hydrogen) atoms. The Labute approximate surface area is 194 Å². The van der Waals surface area contributed by atoms with Gasteiger partial charge in [0.15, 0.2) is 0 Å². The Hall–Kier alpha value is -3.49. The summed E-state index contributed by atoms with van der Waals surface area (Å²) in [5, 5.41) is 3.97. The minimum Gasteiger partial charge on any atom is -0.495 e. The molecule has 172 valence electrons. The van der Waals surface area contributed by atoms with E-state index in [1.165, 1.54) is 13.3 Å². The van der Waals surface area contributed by atoms with Crippen molar-refractivity contribution >= 4 is 22.1 Å². The van der Waals surface area contributed by atoms with Crippen molar-refractivity contribution in [1.29, 1.82) is 0 Å². The Bertz CT molecular complexity index is 1240. The van der Waals surface area contributed by atoms with Gasteiger partial charge in [-0.1, -0.05) is 66.2 Å². The summed E-state index contributed by atoms with van der Waals surface area (Å²) in [5.74, 6) is -0.332. The normalized spacial score (nSPS) is 11.6. The molecule has 0 spiro atoms. The summed E-state index contributed by atoms with van der Waals surface area (Å²) >= 11 is 0. The van der Waals surface area contributed by atoms with Gasteiger partial charge in [0.05, 0.1) is 19.9 Å². The van der Waals surface area contributed by atoms with Gasteiger partial charge >= 0.3 is 0 Å². The molecule has 0 aliphatic rings. The number of methoxy groups -OCH3 is 1. The van der Waals surface area contributed by atoms with Crippen LogP contribution in [0.25, 0.3) is 0 Å². The zero-order chi connectivity index (χ0) is 23.8. The van der Waals surface area contributed by atoms with Crippen molar-refractivity contribution in [3.63, 3.8) is 0 Å². The van der Waals surface area contributed by atoms with Crippen molar-refractivity contribution in [2.45, 2.75) is 25.3 Å². The molecule has 0 atom stereocenters. The molecule has 0 radical (unpaired) electrons. The Morgan fingerprint density at radius 3 is 2.42 bits per heavy atom. The largest absolute Gasteiger partial charge is 0.495 e. The Morgan fingerprint density at radius 1 is 1.00 bits per heavy atom. The number of nitrogens with one attached hydrogen (secondary N) is 1. The topological polar surface area (TPSA) is 88.1 Å². The van der Waals surface area contributed by atoms with Crippen LogP contribution in [0.4, 0.5) is 0 Å². The molecule has 3 aromatic rings. The van der Waals surface area contributed by atoms with Gasteiger partial charge in [0.2, 0.25) is 10.0 Å². The molecule has 0 unspecified atom stereocenters. The molecule has 8 heteroatoms. The number of hydrogen-bond donors (Lipinski definition) is 1. The molecular formula is C25H27N3O4S. The van der Waals surface area contributed by atoms with E-state index in [-0.39, 0.29) is 17.2 Å². The summed E-state index contributed by atoms with van der Waals surface area (Å²) in [4.78, 5) is 12.6. The highest BCUT2D eigenvalue weighted by Gasteiger charge is 2.30. The number of sulfonamides is 1. The molecule has 0 fully saturated rings. The van der Waals surface area contributed by atoms with Gasteiger partial charge in [0, 0.05) is 6.54 Å². The zero-order valence-corrected chi connectivity index (χ0v) is 19.7. The molecule has 1 amide bonds. The fourth-order valence-corrected chi connectivity index (χ4v) is 4.89. The standard InChI is InChI=1S/C25H27N3O4S/c1-19-8-7-11-22(14-19)16-26-27-25(29)18-28(17-21-9-5-4-6-10-21)33(30,31)24-15-20(2)12-13-23(24)32-3/h4-16H,17-18H2,1-3H3,(H,27,29)/b26-16+. The van der Waals surface area contributed by atoms with Gasteiger partial charge in [0.25, 0.3) is 5.91 Å². The van der Waals surface area contributed by atoms with Crippen molar-refractivity contribution in [3.8, 4) is 5.75 Å². The third-order valence-corrected chi connectivity index (χ3v) is 6.72. The first-order valence-corrected chi connectivity index (χ1v) is 11.8. The van der Waals surface area contributed by atoms with Gasteiger partial charge in [-0.05, 0) is 42.7 Å². The minimum absolute atomic E-state index is 0.0111. The number of ether oxygens (including phenoxy) is 1. The van der Waals surface area contributed by atoms with Crippen molar-refractivity contribution < 1.29 is 17.9 Å². The van der Waals surface area contributed by atoms with Crippen LogP contribution in [0.1, 0.15) is 22.3 Å².